The molecule has 0 aliphatic carbocycles. The molecule has 1 heterocycles. The van der Waals surface area contributed by atoms with Crippen LogP contribution >= 0.6 is 0 Å². The lowest BCUT2D eigenvalue weighted by molar-refractivity contribution is 0.549. The zero-order chi connectivity index (χ0) is 18.0. The van der Waals surface area contributed by atoms with Crippen LogP contribution in [-0.2, 0) is 10.0 Å². The Bertz CT molecular complexity index is 728. The number of sulfonamides is 1. The average Bonchev–Trinajstić information content (AvgIpc) is 3.08. The Morgan fingerprint density at radius 1 is 0.920 bits per heavy atom. The molecule has 0 aliphatic heterocycles. The minimum absolute atomic E-state index is 0.186. The van der Waals surface area contributed by atoms with Crippen molar-refractivity contribution >= 4 is 21.1 Å². The van der Waals surface area contributed by atoms with Gasteiger partial charge in [-0.3, -0.25) is 0 Å². The molecule has 140 valence electrons. The lowest BCUT2D eigenvalue weighted by atomic mass is 10.1. The first-order valence-corrected chi connectivity index (χ1v) is 10.9. The Labute approximate surface area is 150 Å². The summed E-state index contributed by atoms with van der Waals surface area (Å²) in [6.45, 7) is 2.70. The molecule has 0 saturated carbocycles. The average molecular weight is 367 g/mol. The number of rotatable bonds is 13. The van der Waals surface area contributed by atoms with Crippen LogP contribution < -0.4 is 4.72 Å². The van der Waals surface area contributed by atoms with Gasteiger partial charge in [0.2, 0.25) is 10.0 Å². The highest BCUT2D eigenvalue weighted by Crippen LogP contribution is 2.18. The number of unbranched alkanes of at least 4 members (excludes halogenated alkanes) is 9. The van der Waals surface area contributed by atoms with E-state index in [4.69, 9.17) is 0 Å². The second kappa shape index (κ2) is 10.5. The van der Waals surface area contributed by atoms with E-state index in [2.05, 4.69) is 27.1 Å². The largest absolute Gasteiger partial charge is 0.242 e. The van der Waals surface area contributed by atoms with Crippen LogP contribution in [0.1, 0.15) is 71.1 Å². The number of aromatic amines is 1. The molecular formula is C18H30N4O2S. The summed E-state index contributed by atoms with van der Waals surface area (Å²) in [5, 5.41) is 10.3. The van der Waals surface area contributed by atoms with E-state index in [0.29, 0.717) is 17.6 Å². The highest BCUT2D eigenvalue weighted by atomic mass is 32.2. The third-order valence-electron chi connectivity index (χ3n) is 4.42. The monoisotopic (exact) mass is 366 g/mol. The molecular weight excluding hydrogens is 336 g/mol. The summed E-state index contributed by atoms with van der Waals surface area (Å²) in [6, 6.07) is 4.98. The number of benzene rings is 1. The van der Waals surface area contributed by atoms with Crippen LogP contribution in [0.2, 0.25) is 0 Å². The Kier molecular flexibility index (Phi) is 8.34. The SMILES string of the molecule is CCCCCCCCCCCCNS(=O)(=O)c1cccc2n[nH]nc12. The van der Waals surface area contributed by atoms with Crippen molar-refractivity contribution in [2.24, 2.45) is 0 Å². The van der Waals surface area contributed by atoms with E-state index < -0.39 is 10.0 Å². The second-order valence-electron chi connectivity index (χ2n) is 6.53. The summed E-state index contributed by atoms with van der Waals surface area (Å²) in [4.78, 5) is 0.186. The van der Waals surface area contributed by atoms with Gasteiger partial charge in [-0.25, -0.2) is 13.1 Å². The number of H-pyrrole nitrogens is 1. The molecule has 0 amide bonds. The highest BCUT2D eigenvalue weighted by molar-refractivity contribution is 7.89. The Balaban J connectivity index is 1.62. The maximum absolute atomic E-state index is 12.4. The predicted molar refractivity (Wildman–Crippen MR) is 101 cm³/mol. The second-order valence-corrected chi connectivity index (χ2v) is 8.26. The first kappa shape index (κ1) is 19.8. The summed E-state index contributed by atoms with van der Waals surface area (Å²) in [6.07, 6.45) is 12.3. The van der Waals surface area contributed by atoms with Crippen molar-refractivity contribution in [1.82, 2.24) is 20.1 Å². The highest BCUT2D eigenvalue weighted by Gasteiger charge is 2.18. The zero-order valence-corrected chi connectivity index (χ0v) is 15.9. The topological polar surface area (TPSA) is 87.7 Å². The zero-order valence-electron chi connectivity index (χ0n) is 15.1. The fraction of sp³-hybridized carbons (Fsp3) is 0.667. The number of para-hydroxylation sites is 1. The van der Waals surface area contributed by atoms with Crippen molar-refractivity contribution < 1.29 is 8.42 Å². The Morgan fingerprint density at radius 2 is 1.56 bits per heavy atom. The van der Waals surface area contributed by atoms with Gasteiger partial charge in [-0.2, -0.15) is 15.4 Å². The predicted octanol–water partition coefficient (Wildman–Crippen LogP) is 4.16. The Hall–Kier alpha value is -1.47. The molecule has 2 rings (SSSR count). The van der Waals surface area contributed by atoms with Crippen molar-refractivity contribution in [2.75, 3.05) is 6.54 Å². The lowest BCUT2D eigenvalue weighted by Gasteiger charge is -2.07. The molecule has 25 heavy (non-hydrogen) atoms. The molecule has 0 saturated heterocycles. The van der Waals surface area contributed by atoms with Crippen LogP contribution in [0.5, 0.6) is 0 Å². The molecule has 0 bridgehead atoms. The quantitative estimate of drug-likeness (QED) is 0.521. The summed E-state index contributed by atoms with van der Waals surface area (Å²) >= 11 is 0. The lowest BCUT2D eigenvalue weighted by Crippen LogP contribution is -2.25. The molecule has 1 aromatic heterocycles. The van der Waals surface area contributed by atoms with Gasteiger partial charge in [0.05, 0.1) is 0 Å². The molecule has 0 aliphatic rings. The molecule has 0 atom stereocenters. The van der Waals surface area contributed by atoms with E-state index in [-0.39, 0.29) is 4.90 Å². The fourth-order valence-corrected chi connectivity index (χ4v) is 4.19. The van der Waals surface area contributed by atoms with Gasteiger partial charge in [0.15, 0.2) is 0 Å². The first-order chi connectivity index (χ1) is 12.1. The van der Waals surface area contributed by atoms with E-state index >= 15 is 0 Å². The number of nitrogens with one attached hydrogen (secondary N) is 2. The molecule has 2 N–H and O–H groups in total. The van der Waals surface area contributed by atoms with E-state index in [9.17, 15) is 8.42 Å². The van der Waals surface area contributed by atoms with E-state index in [1.165, 1.54) is 51.4 Å². The third kappa shape index (κ3) is 6.40. The van der Waals surface area contributed by atoms with Gasteiger partial charge in [0.25, 0.3) is 0 Å². The van der Waals surface area contributed by atoms with Crippen molar-refractivity contribution in [1.29, 1.82) is 0 Å². The van der Waals surface area contributed by atoms with Gasteiger partial charge in [-0.05, 0) is 18.6 Å². The maximum atomic E-state index is 12.4. The minimum Gasteiger partial charge on any atom is -0.211 e. The Morgan fingerprint density at radius 3 is 2.24 bits per heavy atom. The van der Waals surface area contributed by atoms with Gasteiger partial charge >= 0.3 is 0 Å². The van der Waals surface area contributed by atoms with Gasteiger partial charge in [-0.15, -0.1) is 0 Å². The van der Waals surface area contributed by atoms with Crippen LogP contribution in [0.25, 0.3) is 11.0 Å². The standard InChI is InChI=1S/C18H30N4O2S/c1-2-3-4-5-6-7-8-9-10-11-15-19-25(23,24)17-14-12-13-16-18(17)21-22-20-16/h12-14,19H,2-11,15H2,1H3,(H,20,21,22). The van der Waals surface area contributed by atoms with E-state index in [0.717, 1.165) is 12.8 Å². The van der Waals surface area contributed by atoms with Crippen LogP contribution in [0, 0.1) is 0 Å². The van der Waals surface area contributed by atoms with Crippen molar-refractivity contribution in [3.8, 4) is 0 Å². The molecule has 7 heteroatoms. The number of hydrogen-bond acceptors (Lipinski definition) is 4. The van der Waals surface area contributed by atoms with Gasteiger partial charge in [0, 0.05) is 6.54 Å². The van der Waals surface area contributed by atoms with Gasteiger partial charge < -0.3 is 0 Å². The van der Waals surface area contributed by atoms with E-state index in [1.54, 1.807) is 18.2 Å². The molecule has 0 unspecified atom stereocenters. The molecule has 6 nitrogen and oxygen atoms in total. The molecule has 0 radical (unpaired) electrons. The summed E-state index contributed by atoms with van der Waals surface area (Å²) in [5.74, 6) is 0. The van der Waals surface area contributed by atoms with Crippen LogP contribution in [0.3, 0.4) is 0 Å². The van der Waals surface area contributed by atoms with Crippen LogP contribution in [0.15, 0.2) is 23.1 Å². The summed E-state index contributed by atoms with van der Waals surface area (Å²) in [5.41, 5.74) is 0.944. The van der Waals surface area contributed by atoms with Gasteiger partial charge in [-0.1, -0.05) is 70.8 Å². The number of hydrogen-bond donors (Lipinski definition) is 2. The van der Waals surface area contributed by atoms with Gasteiger partial charge in [0.1, 0.15) is 15.9 Å². The number of nitrogens with zero attached hydrogens (tertiary/aromatic N) is 2. The molecule has 0 fully saturated rings. The fourth-order valence-electron chi connectivity index (χ4n) is 2.96. The summed E-state index contributed by atoms with van der Waals surface area (Å²) < 4.78 is 27.5. The van der Waals surface area contributed by atoms with Crippen molar-refractivity contribution in [3.63, 3.8) is 0 Å². The van der Waals surface area contributed by atoms with Crippen molar-refractivity contribution in [2.45, 2.75) is 76.0 Å². The number of aromatic nitrogens is 3. The van der Waals surface area contributed by atoms with Crippen LogP contribution in [-0.4, -0.2) is 30.4 Å². The number of fused-ring (bicyclic) bond motifs is 1. The first-order valence-electron chi connectivity index (χ1n) is 9.44. The normalized spacial score (nSPS) is 12.0. The van der Waals surface area contributed by atoms with E-state index in [1.807, 2.05) is 0 Å². The smallest absolute Gasteiger partial charge is 0.211 e. The summed E-state index contributed by atoms with van der Waals surface area (Å²) in [7, 11) is -3.54. The van der Waals surface area contributed by atoms with Crippen molar-refractivity contribution in [3.05, 3.63) is 18.2 Å². The molecule has 0 spiro atoms. The van der Waals surface area contributed by atoms with Crippen LogP contribution in [0.4, 0.5) is 0 Å². The third-order valence-corrected chi connectivity index (χ3v) is 5.91. The minimum atomic E-state index is -3.54. The maximum Gasteiger partial charge on any atom is 0.242 e. The molecule has 1 aromatic carbocycles. The molecule has 2 aromatic rings.